The van der Waals surface area contributed by atoms with Crippen LogP contribution in [0.15, 0.2) is 34.1 Å². The van der Waals surface area contributed by atoms with E-state index in [9.17, 15) is 4.79 Å². The highest BCUT2D eigenvalue weighted by Crippen LogP contribution is 2.28. The molecule has 7 heteroatoms. The van der Waals surface area contributed by atoms with Gasteiger partial charge in [-0.1, -0.05) is 48.2 Å². The molecule has 5 nitrogen and oxygen atoms in total. The number of aromatic nitrogens is 2. The average molecular weight is 337 g/mol. The number of nitrogens with one attached hydrogen (secondary N) is 1. The third kappa shape index (κ3) is 4.20. The quantitative estimate of drug-likeness (QED) is 0.786. The number of thioether (sulfide) groups is 1. The van der Waals surface area contributed by atoms with Crippen molar-refractivity contribution in [1.29, 1.82) is 0 Å². The largest absolute Gasteiger partial charge is 0.496 e. The van der Waals surface area contributed by atoms with Crippen molar-refractivity contribution in [3.8, 4) is 5.75 Å². The topological polar surface area (TPSA) is 64.1 Å². The predicted octanol–water partition coefficient (Wildman–Crippen LogP) is 3.29. The van der Waals surface area contributed by atoms with Crippen LogP contribution >= 0.6 is 23.1 Å². The summed E-state index contributed by atoms with van der Waals surface area (Å²) in [5, 5.41) is 10.6. The average Bonchev–Trinajstić information content (AvgIpc) is 3.05. The first-order chi connectivity index (χ1) is 10.7. The zero-order valence-corrected chi connectivity index (χ0v) is 14.4. The molecular weight excluding hydrogens is 318 g/mol. The Hall–Kier alpha value is -1.60. The molecule has 1 aromatic heterocycles. The number of rotatable bonds is 7. The normalized spacial score (nSPS) is 13.4. The summed E-state index contributed by atoms with van der Waals surface area (Å²) in [4.78, 5) is 12.4. The van der Waals surface area contributed by atoms with Gasteiger partial charge in [0, 0.05) is 5.56 Å². The van der Waals surface area contributed by atoms with Gasteiger partial charge >= 0.3 is 0 Å². The Bertz CT molecular complexity index is 605. The number of carbonyl (C=O) groups is 1. The Morgan fingerprint density at radius 3 is 2.86 bits per heavy atom. The molecule has 0 unspecified atom stereocenters. The molecule has 1 amide bonds. The van der Waals surface area contributed by atoms with E-state index in [0.29, 0.717) is 0 Å². The molecule has 2 aromatic rings. The molecule has 1 aromatic carbocycles. The Kier molecular flexibility index (Phi) is 6.21. The number of nitrogens with zero attached hydrogens (tertiary/aromatic N) is 2. The summed E-state index contributed by atoms with van der Waals surface area (Å²) in [5.41, 5.74) is 2.66. The fraction of sp³-hybridized carbons (Fsp3) is 0.400. The van der Waals surface area contributed by atoms with Gasteiger partial charge in [-0.15, -0.1) is 10.2 Å². The van der Waals surface area contributed by atoms with Crippen LogP contribution in [0.5, 0.6) is 5.75 Å². The fourth-order valence-corrected chi connectivity index (χ4v) is 3.70. The Labute approximate surface area is 138 Å². The van der Waals surface area contributed by atoms with Crippen molar-refractivity contribution in [1.82, 2.24) is 15.5 Å². The number of ether oxygens (including phenoxy) is 1. The smallest absolute Gasteiger partial charge is 0.233 e. The summed E-state index contributed by atoms with van der Waals surface area (Å²) in [6.45, 7) is 3.91. The van der Waals surface area contributed by atoms with E-state index in [1.165, 1.54) is 23.1 Å². The van der Waals surface area contributed by atoms with Crippen LogP contribution in [0.4, 0.5) is 0 Å². The van der Waals surface area contributed by atoms with E-state index in [4.69, 9.17) is 4.74 Å². The number of methoxy groups -OCH3 is 1. The molecular formula is C15H19N3O2S2. The van der Waals surface area contributed by atoms with E-state index in [2.05, 4.69) is 15.5 Å². The monoisotopic (exact) mass is 337 g/mol. The molecule has 0 aliphatic rings. The van der Waals surface area contributed by atoms with E-state index >= 15 is 0 Å². The van der Waals surface area contributed by atoms with E-state index < -0.39 is 0 Å². The first-order valence-corrected chi connectivity index (χ1v) is 8.77. The van der Waals surface area contributed by atoms with Crippen molar-refractivity contribution in [2.75, 3.05) is 7.11 Å². The molecule has 0 aliphatic heterocycles. The summed E-state index contributed by atoms with van der Waals surface area (Å²) in [6, 6.07) is 7.69. The molecule has 2 rings (SSSR count). The maximum absolute atomic E-state index is 12.4. The van der Waals surface area contributed by atoms with Gasteiger partial charge in [-0.2, -0.15) is 0 Å². The number of carbonyl (C=O) groups excluding carboxylic acids is 1. The van der Waals surface area contributed by atoms with E-state index in [-0.39, 0.29) is 17.2 Å². The van der Waals surface area contributed by atoms with Gasteiger partial charge in [0.15, 0.2) is 4.34 Å². The van der Waals surface area contributed by atoms with E-state index in [0.717, 1.165) is 22.1 Å². The summed E-state index contributed by atoms with van der Waals surface area (Å²) in [7, 11) is 1.64. The predicted molar refractivity (Wildman–Crippen MR) is 89.4 cm³/mol. The Morgan fingerprint density at radius 1 is 1.45 bits per heavy atom. The van der Waals surface area contributed by atoms with Crippen LogP contribution in [-0.2, 0) is 4.79 Å². The Balaban J connectivity index is 2.04. The van der Waals surface area contributed by atoms with Crippen LogP contribution < -0.4 is 10.1 Å². The zero-order valence-electron chi connectivity index (χ0n) is 12.8. The van der Waals surface area contributed by atoms with Crippen LogP contribution in [0.25, 0.3) is 0 Å². The van der Waals surface area contributed by atoms with Crippen LogP contribution in [0, 0.1) is 0 Å². The maximum Gasteiger partial charge on any atom is 0.233 e. The lowest BCUT2D eigenvalue weighted by Gasteiger charge is -2.21. The highest BCUT2D eigenvalue weighted by atomic mass is 32.2. The summed E-state index contributed by atoms with van der Waals surface area (Å²) in [6.07, 6.45) is 0.794. The first kappa shape index (κ1) is 16.8. The van der Waals surface area contributed by atoms with Crippen molar-refractivity contribution in [3.05, 3.63) is 35.3 Å². The highest BCUT2D eigenvalue weighted by Gasteiger charge is 2.21. The lowest BCUT2D eigenvalue weighted by Crippen LogP contribution is -2.34. The van der Waals surface area contributed by atoms with Crippen LogP contribution in [0.1, 0.15) is 31.9 Å². The molecule has 0 bridgehead atoms. The summed E-state index contributed by atoms with van der Waals surface area (Å²) < 4.78 is 6.18. The summed E-state index contributed by atoms with van der Waals surface area (Å²) >= 11 is 2.85. The van der Waals surface area contributed by atoms with Crippen molar-refractivity contribution in [2.45, 2.75) is 35.9 Å². The molecule has 0 aliphatic carbocycles. The van der Waals surface area contributed by atoms with Crippen LogP contribution in [0.2, 0.25) is 0 Å². The van der Waals surface area contributed by atoms with Gasteiger partial charge in [-0.05, 0) is 19.4 Å². The number of benzene rings is 1. The third-order valence-electron chi connectivity index (χ3n) is 3.23. The molecule has 0 radical (unpaired) electrons. The van der Waals surface area contributed by atoms with Crippen molar-refractivity contribution >= 4 is 29.0 Å². The minimum atomic E-state index is -0.225. The minimum Gasteiger partial charge on any atom is -0.496 e. The lowest BCUT2D eigenvalue weighted by atomic mass is 10.0. The second-order valence-corrected chi connectivity index (χ2v) is 7.10. The van der Waals surface area contributed by atoms with Crippen LogP contribution in [0.3, 0.4) is 0 Å². The molecule has 0 saturated heterocycles. The molecule has 1 heterocycles. The molecule has 22 heavy (non-hydrogen) atoms. The molecule has 1 N–H and O–H groups in total. The SMILES string of the molecule is CC[C@H](NC(=O)[C@@H](C)Sc1nncs1)c1ccccc1OC. The summed E-state index contributed by atoms with van der Waals surface area (Å²) in [5.74, 6) is 0.775. The van der Waals surface area contributed by atoms with E-state index in [1.54, 1.807) is 12.6 Å². The van der Waals surface area contributed by atoms with E-state index in [1.807, 2.05) is 38.1 Å². The number of hydrogen-bond acceptors (Lipinski definition) is 6. The van der Waals surface area contributed by atoms with Crippen molar-refractivity contribution in [2.24, 2.45) is 0 Å². The minimum absolute atomic E-state index is 0.0158. The standard InChI is InChI=1S/C15H19N3O2S2/c1-4-12(11-7-5-6-8-13(11)20-3)17-14(19)10(2)22-15-18-16-9-21-15/h5-10,12H,4H2,1-3H3,(H,17,19)/t10-,12+/m1/s1. The molecule has 118 valence electrons. The fourth-order valence-electron chi connectivity index (χ4n) is 2.06. The second-order valence-electron chi connectivity index (χ2n) is 4.68. The highest BCUT2D eigenvalue weighted by molar-refractivity contribution is 8.02. The second kappa shape index (κ2) is 8.14. The van der Waals surface area contributed by atoms with Crippen molar-refractivity contribution < 1.29 is 9.53 Å². The van der Waals surface area contributed by atoms with Gasteiger partial charge in [0.2, 0.25) is 5.91 Å². The number of hydrogen-bond donors (Lipinski definition) is 1. The van der Waals surface area contributed by atoms with Gasteiger partial charge in [-0.25, -0.2) is 0 Å². The molecule has 2 atom stereocenters. The third-order valence-corrected chi connectivity index (χ3v) is 5.14. The Morgan fingerprint density at radius 2 is 2.23 bits per heavy atom. The van der Waals surface area contributed by atoms with Crippen LogP contribution in [-0.4, -0.2) is 28.5 Å². The van der Waals surface area contributed by atoms with Gasteiger partial charge in [0.05, 0.1) is 18.4 Å². The maximum atomic E-state index is 12.4. The van der Waals surface area contributed by atoms with Gasteiger partial charge < -0.3 is 10.1 Å². The van der Waals surface area contributed by atoms with Gasteiger partial charge in [-0.3, -0.25) is 4.79 Å². The number of para-hydroxylation sites is 1. The first-order valence-electron chi connectivity index (χ1n) is 7.01. The molecule has 0 spiro atoms. The molecule has 0 saturated carbocycles. The molecule has 0 fully saturated rings. The number of amides is 1. The van der Waals surface area contributed by atoms with Crippen molar-refractivity contribution in [3.63, 3.8) is 0 Å². The zero-order chi connectivity index (χ0) is 15.9. The lowest BCUT2D eigenvalue weighted by molar-refractivity contribution is -0.121. The van der Waals surface area contributed by atoms with Gasteiger partial charge in [0.25, 0.3) is 0 Å². The van der Waals surface area contributed by atoms with Gasteiger partial charge in [0.1, 0.15) is 11.3 Å².